The Morgan fingerprint density at radius 2 is 1.85 bits per heavy atom. The van der Waals surface area contributed by atoms with Gasteiger partial charge in [0, 0.05) is 19.5 Å². The van der Waals surface area contributed by atoms with Crippen molar-refractivity contribution in [1.82, 2.24) is 4.90 Å². The molecule has 1 aliphatic heterocycles. The molecule has 0 aromatic heterocycles. The smallest absolute Gasteiger partial charge is 0.310 e. The van der Waals surface area contributed by atoms with Crippen molar-refractivity contribution in [1.29, 1.82) is 0 Å². The Kier molecular flexibility index (Phi) is 4.27. The van der Waals surface area contributed by atoms with E-state index in [-0.39, 0.29) is 12.3 Å². The first-order valence-corrected chi connectivity index (χ1v) is 9.27. The van der Waals surface area contributed by atoms with E-state index in [0.717, 1.165) is 12.8 Å². The van der Waals surface area contributed by atoms with Crippen LogP contribution in [0.15, 0.2) is 48.5 Å². The molecule has 1 aliphatic carbocycles. The number of carboxylic acid groups (broad SMARTS) is 1. The molecule has 26 heavy (non-hydrogen) atoms. The second-order valence-electron chi connectivity index (χ2n) is 7.46. The fourth-order valence-corrected chi connectivity index (χ4v) is 4.12. The lowest BCUT2D eigenvalue weighted by atomic mass is 9.66. The summed E-state index contributed by atoms with van der Waals surface area (Å²) in [4.78, 5) is 25.9. The topological polar surface area (TPSA) is 57.6 Å². The summed E-state index contributed by atoms with van der Waals surface area (Å²) in [5.41, 5.74) is 1.69. The number of rotatable bonds is 4. The van der Waals surface area contributed by atoms with Gasteiger partial charge in [-0.1, -0.05) is 55.0 Å². The van der Waals surface area contributed by atoms with Gasteiger partial charge in [-0.05, 0) is 41.2 Å². The van der Waals surface area contributed by atoms with E-state index in [2.05, 4.69) is 42.5 Å². The average molecular weight is 349 g/mol. The molecule has 1 fully saturated rings. The number of aliphatic carboxylic acids is 1. The van der Waals surface area contributed by atoms with Crippen LogP contribution in [0.2, 0.25) is 0 Å². The maximum absolute atomic E-state index is 12.6. The molecule has 0 atom stereocenters. The summed E-state index contributed by atoms with van der Waals surface area (Å²) >= 11 is 0. The molecule has 2 aromatic carbocycles. The first-order chi connectivity index (χ1) is 12.6. The highest BCUT2D eigenvalue weighted by Crippen LogP contribution is 2.44. The second-order valence-corrected chi connectivity index (χ2v) is 7.46. The van der Waals surface area contributed by atoms with Crippen LogP contribution in [0.3, 0.4) is 0 Å². The molecule has 1 amide bonds. The van der Waals surface area contributed by atoms with Gasteiger partial charge in [0.2, 0.25) is 5.91 Å². The SMILES string of the molecule is O=C(CC1(C(=O)O)CCC1)N1CC=C(c2cccc3ccccc23)CC1. The van der Waals surface area contributed by atoms with E-state index in [1.807, 2.05) is 6.07 Å². The molecule has 1 saturated carbocycles. The molecule has 0 bridgehead atoms. The minimum atomic E-state index is -0.818. The average Bonchev–Trinajstić information content (AvgIpc) is 2.64. The van der Waals surface area contributed by atoms with E-state index < -0.39 is 11.4 Å². The van der Waals surface area contributed by atoms with Crippen LogP contribution in [0.25, 0.3) is 16.3 Å². The largest absolute Gasteiger partial charge is 0.481 e. The molecule has 2 aliphatic rings. The summed E-state index contributed by atoms with van der Waals surface area (Å²) in [6, 6.07) is 14.7. The van der Waals surface area contributed by atoms with E-state index in [1.165, 1.54) is 21.9 Å². The van der Waals surface area contributed by atoms with Gasteiger partial charge in [-0.15, -0.1) is 0 Å². The van der Waals surface area contributed by atoms with Gasteiger partial charge in [-0.2, -0.15) is 0 Å². The van der Waals surface area contributed by atoms with E-state index >= 15 is 0 Å². The van der Waals surface area contributed by atoms with E-state index in [9.17, 15) is 14.7 Å². The van der Waals surface area contributed by atoms with Crippen molar-refractivity contribution >= 4 is 28.2 Å². The normalized spacial score (nSPS) is 18.9. The summed E-state index contributed by atoms with van der Waals surface area (Å²) in [5.74, 6) is -0.846. The lowest BCUT2D eigenvalue weighted by Gasteiger charge is -2.39. The summed E-state index contributed by atoms with van der Waals surface area (Å²) in [6.45, 7) is 1.22. The number of carbonyl (C=O) groups is 2. The van der Waals surface area contributed by atoms with E-state index in [0.29, 0.717) is 25.9 Å². The van der Waals surface area contributed by atoms with Crippen LogP contribution in [0.4, 0.5) is 0 Å². The highest BCUT2D eigenvalue weighted by atomic mass is 16.4. The zero-order valence-electron chi connectivity index (χ0n) is 14.8. The fourth-order valence-electron chi connectivity index (χ4n) is 4.12. The number of carboxylic acids is 1. The van der Waals surface area contributed by atoms with Crippen molar-refractivity contribution in [2.45, 2.75) is 32.1 Å². The Hall–Kier alpha value is -2.62. The number of nitrogens with zero attached hydrogens (tertiary/aromatic N) is 1. The van der Waals surface area contributed by atoms with Crippen LogP contribution in [-0.4, -0.2) is 35.0 Å². The third kappa shape index (κ3) is 2.90. The molecule has 4 rings (SSSR count). The molecule has 0 radical (unpaired) electrons. The Bertz CT molecular complexity index is 890. The Labute approximate surface area is 153 Å². The number of amides is 1. The maximum Gasteiger partial charge on any atom is 0.310 e. The van der Waals surface area contributed by atoms with Crippen LogP contribution >= 0.6 is 0 Å². The third-order valence-corrected chi connectivity index (χ3v) is 5.95. The monoisotopic (exact) mass is 349 g/mol. The Morgan fingerprint density at radius 3 is 2.50 bits per heavy atom. The summed E-state index contributed by atoms with van der Waals surface area (Å²) in [6.07, 6.45) is 5.22. The van der Waals surface area contributed by atoms with E-state index in [4.69, 9.17) is 0 Å². The molecule has 1 N–H and O–H groups in total. The molecular weight excluding hydrogens is 326 g/mol. The fraction of sp³-hybridized carbons (Fsp3) is 0.364. The minimum absolute atomic E-state index is 0.0275. The van der Waals surface area contributed by atoms with Crippen molar-refractivity contribution in [3.8, 4) is 0 Å². The number of benzene rings is 2. The van der Waals surface area contributed by atoms with Gasteiger partial charge in [0.1, 0.15) is 0 Å². The van der Waals surface area contributed by atoms with Crippen LogP contribution in [0.5, 0.6) is 0 Å². The van der Waals surface area contributed by atoms with Crippen molar-refractivity contribution < 1.29 is 14.7 Å². The van der Waals surface area contributed by atoms with Crippen LogP contribution in [0, 0.1) is 5.41 Å². The van der Waals surface area contributed by atoms with Crippen molar-refractivity contribution in [3.63, 3.8) is 0 Å². The van der Waals surface area contributed by atoms with Crippen LogP contribution in [-0.2, 0) is 9.59 Å². The molecule has 4 nitrogen and oxygen atoms in total. The van der Waals surface area contributed by atoms with Crippen molar-refractivity contribution in [3.05, 3.63) is 54.1 Å². The van der Waals surface area contributed by atoms with Gasteiger partial charge < -0.3 is 10.0 Å². The zero-order chi connectivity index (χ0) is 18.1. The highest BCUT2D eigenvalue weighted by molar-refractivity contribution is 5.94. The molecule has 134 valence electrons. The quantitative estimate of drug-likeness (QED) is 0.904. The first-order valence-electron chi connectivity index (χ1n) is 9.27. The van der Waals surface area contributed by atoms with Crippen LogP contribution in [0.1, 0.15) is 37.7 Å². The number of fused-ring (bicyclic) bond motifs is 1. The maximum atomic E-state index is 12.6. The lowest BCUT2D eigenvalue weighted by Crippen LogP contribution is -2.44. The van der Waals surface area contributed by atoms with Gasteiger partial charge in [0.15, 0.2) is 0 Å². The molecular formula is C22H23NO3. The number of hydrogen-bond donors (Lipinski definition) is 1. The Balaban J connectivity index is 1.50. The summed E-state index contributed by atoms with van der Waals surface area (Å²) in [7, 11) is 0. The number of hydrogen-bond acceptors (Lipinski definition) is 2. The van der Waals surface area contributed by atoms with Gasteiger partial charge in [-0.3, -0.25) is 9.59 Å². The molecule has 2 aromatic rings. The van der Waals surface area contributed by atoms with Crippen LogP contribution < -0.4 is 0 Å². The summed E-state index contributed by atoms with van der Waals surface area (Å²) < 4.78 is 0. The van der Waals surface area contributed by atoms with Crippen molar-refractivity contribution in [2.75, 3.05) is 13.1 Å². The summed E-state index contributed by atoms with van der Waals surface area (Å²) in [5, 5.41) is 11.9. The molecule has 0 unspecified atom stereocenters. The molecule has 0 saturated heterocycles. The predicted octanol–water partition coefficient (Wildman–Crippen LogP) is 4.10. The Morgan fingerprint density at radius 1 is 1.08 bits per heavy atom. The third-order valence-electron chi connectivity index (χ3n) is 5.95. The van der Waals surface area contributed by atoms with E-state index in [1.54, 1.807) is 4.90 Å². The van der Waals surface area contributed by atoms with Crippen molar-refractivity contribution in [2.24, 2.45) is 5.41 Å². The minimum Gasteiger partial charge on any atom is -0.481 e. The van der Waals surface area contributed by atoms with Gasteiger partial charge in [-0.25, -0.2) is 0 Å². The van der Waals surface area contributed by atoms with Gasteiger partial charge >= 0.3 is 5.97 Å². The molecule has 4 heteroatoms. The zero-order valence-corrected chi connectivity index (χ0v) is 14.8. The van der Waals surface area contributed by atoms with Gasteiger partial charge in [0.25, 0.3) is 0 Å². The predicted molar refractivity (Wildman–Crippen MR) is 102 cm³/mol. The molecule has 0 spiro atoms. The van der Waals surface area contributed by atoms with Gasteiger partial charge in [0.05, 0.1) is 5.41 Å². The molecule has 1 heterocycles. The number of carbonyl (C=O) groups excluding carboxylic acids is 1. The highest BCUT2D eigenvalue weighted by Gasteiger charge is 2.46. The second kappa shape index (κ2) is 6.60. The lowest BCUT2D eigenvalue weighted by molar-refractivity contribution is -0.159. The standard InChI is InChI=1S/C22H23NO3/c24-20(15-22(21(25)26)11-4-12-22)23-13-9-17(10-14-23)19-8-3-6-16-5-1-2-7-18(16)19/h1-3,5-9H,4,10-15H2,(H,25,26). The first kappa shape index (κ1) is 16.8.